The zero-order valence-electron chi connectivity index (χ0n) is 33.0. The number of aliphatic carboxylic acids is 1. The molecule has 1 heterocycles. The van der Waals surface area contributed by atoms with Gasteiger partial charge >= 0.3 is 12.1 Å². The van der Waals surface area contributed by atoms with Crippen molar-refractivity contribution in [1.29, 1.82) is 0 Å². The van der Waals surface area contributed by atoms with Crippen LogP contribution < -0.4 is 21.3 Å². The van der Waals surface area contributed by atoms with Crippen molar-refractivity contribution in [3.05, 3.63) is 71.9 Å². The number of aliphatic hydroxyl groups is 5. The zero-order valence-corrected chi connectivity index (χ0v) is 33.0. The molecule has 16 nitrogen and oxygen atoms in total. The minimum Gasteiger partial charge on any atom is -0.481 e. The molecule has 2 aromatic carbocycles. The third-order valence-electron chi connectivity index (χ3n) is 11.8. The Morgan fingerprint density at radius 3 is 2.09 bits per heavy atom. The molecule has 318 valence electrons. The number of amides is 3. The summed E-state index contributed by atoms with van der Waals surface area (Å²) >= 11 is 0. The summed E-state index contributed by atoms with van der Waals surface area (Å²) in [4.78, 5) is 54.4. The van der Waals surface area contributed by atoms with Crippen LogP contribution in [0.25, 0.3) is 10.9 Å². The number of carbonyl (C=O) groups excluding carboxylic acids is 3. The van der Waals surface area contributed by atoms with Gasteiger partial charge in [-0.05, 0) is 86.9 Å². The summed E-state index contributed by atoms with van der Waals surface area (Å²) in [5, 5.41) is 66.2. The molecule has 0 saturated heterocycles. The van der Waals surface area contributed by atoms with E-state index >= 15 is 0 Å². The van der Waals surface area contributed by atoms with E-state index in [2.05, 4.69) is 26.3 Å². The van der Waals surface area contributed by atoms with Crippen LogP contribution in [-0.2, 0) is 25.5 Å². The summed E-state index contributed by atoms with van der Waals surface area (Å²) in [5.41, 5.74) is 1.19. The minimum atomic E-state index is -1.55. The van der Waals surface area contributed by atoms with Gasteiger partial charge < -0.3 is 61.6 Å². The quantitative estimate of drug-likeness (QED) is 0.0874. The average Bonchev–Trinajstić information content (AvgIpc) is 3.61. The van der Waals surface area contributed by atoms with Crippen molar-refractivity contribution in [3.63, 3.8) is 0 Å². The molecule has 1 aromatic heterocycles. The van der Waals surface area contributed by atoms with E-state index in [0.29, 0.717) is 11.8 Å². The first-order valence-electron chi connectivity index (χ1n) is 20.1. The van der Waals surface area contributed by atoms with E-state index in [1.54, 1.807) is 14.0 Å². The van der Waals surface area contributed by atoms with E-state index in [-0.39, 0.29) is 38.5 Å². The number of likely N-dealkylation sites (N-methyl/N-ethyl adjacent to an activating group) is 1. The normalized spacial score (nSPS) is 24.2. The Bertz CT molecular complexity index is 1800. The smallest absolute Gasteiger partial charge is 0.408 e. The number of nitrogens with one attached hydrogen (secondary N) is 5. The number of fused-ring (bicyclic) bond motifs is 1. The molecular formula is C42H59N5O11. The molecule has 4 bridgehead atoms. The van der Waals surface area contributed by atoms with E-state index in [0.717, 1.165) is 59.5 Å². The van der Waals surface area contributed by atoms with Crippen molar-refractivity contribution >= 4 is 34.8 Å². The number of hydrogen-bond donors (Lipinski definition) is 11. The largest absolute Gasteiger partial charge is 0.481 e. The fourth-order valence-corrected chi connectivity index (χ4v) is 8.99. The first-order chi connectivity index (χ1) is 27.7. The summed E-state index contributed by atoms with van der Waals surface area (Å²) in [7, 11) is 1.57. The Morgan fingerprint density at radius 2 is 1.47 bits per heavy atom. The maximum Gasteiger partial charge on any atom is 0.408 e. The van der Waals surface area contributed by atoms with Gasteiger partial charge in [0.2, 0.25) is 11.8 Å². The van der Waals surface area contributed by atoms with E-state index in [1.807, 2.05) is 60.8 Å². The van der Waals surface area contributed by atoms with Gasteiger partial charge in [0.15, 0.2) is 0 Å². The lowest BCUT2D eigenvalue weighted by atomic mass is 9.55. The van der Waals surface area contributed by atoms with Gasteiger partial charge in [0, 0.05) is 43.0 Å². The van der Waals surface area contributed by atoms with Crippen LogP contribution in [0.1, 0.15) is 69.0 Å². The van der Waals surface area contributed by atoms with Crippen LogP contribution in [0.3, 0.4) is 0 Å². The van der Waals surface area contributed by atoms with Crippen molar-refractivity contribution in [2.75, 3.05) is 26.7 Å². The Labute approximate surface area is 337 Å². The molecule has 4 fully saturated rings. The summed E-state index contributed by atoms with van der Waals surface area (Å²) < 4.78 is 6.13. The Morgan fingerprint density at radius 1 is 0.845 bits per heavy atom. The highest BCUT2D eigenvalue weighted by molar-refractivity contribution is 5.91. The lowest BCUT2D eigenvalue weighted by Crippen LogP contribution is -2.60. The van der Waals surface area contributed by atoms with Crippen LogP contribution in [-0.4, -0.2) is 122 Å². The molecule has 7 rings (SSSR count). The first kappa shape index (κ1) is 44.5. The molecular weight excluding hydrogens is 750 g/mol. The SMILES string of the molecule is CC(Cc1c[nH]c2ccccc12)(NC(=O)OC1C2CC3CC(C2)CC1C3)C(=O)NC[C@H](NC(=O)CCC(=O)O)c1ccccc1.CNC[C@H](O)[C@@H](O)[C@H](O)[C@H](O)CO. The number of H-pyrrole nitrogens is 1. The van der Waals surface area contributed by atoms with Crippen LogP contribution in [0.4, 0.5) is 4.79 Å². The van der Waals surface area contributed by atoms with Gasteiger partial charge in [-0.15, -0.1) is 0 Å². The highest BCUT2D eigenvalue weighted by Gasteiger charge is 2.50. The standard InChI is InChI=1S/C35H42N4O6.C7H17NO5/c1-35(18-26-19-36-28-10-6-5-9-27(26)28,39-34(44)45-32-24-14-21-13-22(16-24)17-25(32)15-21)33(43)37-20-29(23-7-3-2-4-8-23)38-30(40)11-12-31(41)42;1-8-2-4(10)6(12)7(13)5(11)3-9/h2-10,19,21-22,24-25,29,32,36H,11-18,20H2,1H3,(H,37,43)(H,38,40)(H,39,44)(H,41,42);4-13H,2-3H2,1H3/t21?,22?,24?,25?,29-,32?,35?;4-,5+,6+,7+/m00/s1. The Hall–Kier alpha value is -4.58. The number of aromatic amines is 1. The average molecular weight is 810 g/mol. The summed E-state index contributed by atoms with van der Waals surface area (Å²) in [6.45, 7) is 1.17. The van der Waals surface area contributed by atoms with Gasteiger partial charge in [-0.2, -0.15) is 0 Å². The maximum absolute atomic E-state index is 14.1. The number of hydrogen-bond acceptors (Lipinski definition) is 11. The summed E-state index contributed by atoms with van der Waals surface area (Å²) in [6.07, 6.45) is 0.971. The van der Waals surface area contributed by atoms with Crippen LogP contribution >= 0.6 is 0 Å². The van der Waals surface area contributed by atoms with Crippen LogP contribution in [0.5, 0.6) is 0 Å². The number of alkyl carbamates (subject to hydrolysis) is 1. The lowest BCUT2D eigenvalue weighted by Gasteiger charge is -2.53. The predicted molar refractivity (Wildman–Crippen MR) is 213 cm³/mol. The van der Waals surface area contributed by atoms with Crippen LogP contribution in [0.15, 0.2) is 60.8 Å². The number of aliphatic hydroxyl groups excluding tert-OH is 5. The van der Waals surface area contributed by atoms with Crippen molar-refractivity contribution < 1.29 is 54.6 Å². The van der Waals surface area contributed by atoms with Crippen LogP contribution in [0, 0.1) is 23.7 Å². The second-order valence-electron chi connectivity index (χ2n) is 16.3. The Kier molecular flexibility index (Phi) is 15.7. The number of carbonyl (C=O) groups is 4. The second-order valence-corrected chi connectivity index (χ2v) is 16.3. The van der Waals surface area contributed by atoms with E-state index in [1.165, 1.54) is 6.42 Å². The molecule has 1 unspecified atom stereocenters. The van der Waals surface area contributed by atoms with Gasteiger partial charge in [0.1, 0.15) is 30.0 Å². The number of rotatable bonds is 18. The molecule has 3 aromatic rings. The van der Waals surface area contributed by atoms with Crippen LogP contribution in [0.2, 0.25) is 0 Å². The highest BCUT2D eigenvalue weighted by atomic mass is 16.6. The van der Waals surface area contributed by atoms with E-state index in [4.69, 9.17) is 30.3 Å². The van der Waals surface area contributed by atoms with Gasteiger partial charge in [0.25, 0.3) is 0 Å². The predicted octanol–water partition coefficient (Wildman–Crippen LogP) is 1.50. The molecule has 6 atom stereocenters. The summed E-state index contributed by atoms with van der Waals surface area (Å²) in [5.74, 6) is 0.351. The molecule has 0 radical (unpaired) electrons. The Balaban J connectivity index is 0.000000425. The van der Waals surface area contributed by atoms with Crippen molar-refractivity contribution in [1.82, 2.24) is 26.3 Å². The van der Waals surface area contributed by atoms with Gasteiger partial charge in [-0.1, -0.05) is 48.5 Å². The second kappa shape index (κ2) is 20.4. The number of benzene rings is 2. The zero-order chi connectivity index (χ0) is 42.0. The number of para-hydroxylation sites is 1. The molecule has 58 heavy (non-hydrogen) atoms. The minimum absolute atomic E-state index is 0.0391. The topological polar surface area (TPSA) is 263 Å². The van der Waals surface area contributed by atoms with Gasteiger partial charge in [0.05, 0.1) is 25.2 Å². The van der Waals surface area contributed by atoms with Crippen molar-refractivity contribution in [2.24, 2.45) is 23.7 Å². The molecule has 16 heteroatoms. The third-order valence-corrected chi connectivity index (χ3v) is 11.8. The fourth-order valence-electron chi connectivity index (χ4n) is 8.99. The number of aromatic nitrogens is 1. The van der Waals surface area contributed by atoms with E-state index < -0.39 is 66.5 Å². The molecule has 4 aliphatic rings. The lowest BCUT2D eigenvalue weighted by molar-refractivity contribution is -0.138. The van der Waals surface area contributed by atoms with Crippen molar-refractivity contribution in [2.45, 2.75) is 100 Å². The maximum atomic E-state index is 14.1. The molecule has 0 aliphatic heterocycles. The number of ether oxygens (including phenoxy) is 1. The third kappa shape index (κ3) is 11.5. The number of carboxylic acid groups (broad SMARTS) is 1. The summed E-state index contributed by atoms with van der Waals surface area (Å²) in [6, 6.07) is 16.4. The van der Waals surface area contributed by atoms with Gasteiger partial charge in [-0.3, -0.25) is 14.4 Å². The molecule has 3 amide bonds. The molecule has 0 spiro atoms. The van der Waals surface area contributed by atoms with Gasteiger partial charge in [-0.25, -0.2) is 4.79 Å². The molecule has 4 saturated carbocycles. The molecule has 11 N–H and O–H groups in total. The van der Waals surface area contributed by atoms with E-state index in [9.17, 15) is 24.3 Å². The fraction of sp³-hybridized carbons (Fsp3) is 0.571. The first-order valence-corrected chi connectivity index (χ1v) is 20.1. The highest BCUT2D eigenvalue weighted by Crippen LogP contribution is 2.54. The molecule has 4 aliphatic carbocycles. The van der Waals surface area contributed by atoms with Crippen molar-refractivity contribution in [3.8, 4) is 0 Å². The monoisotopic (exact) mass is 809 g/mol. The number of carboxylic acids is 1.